The number of methoxy groups -OCH3 is 2. The van der Waals surface area contributed by atoms with Crippen molar-refractivity contribution < 1.29 is 23.6 Å². The first-order valence-electron chi connectivity index (χ1n) is 9.16. The van der Waals surface area contributed by atoms with Gasteiger partial charge in [0, 0.05) is 17.4 Å². The Labute approximate surface area is 166 Å². The molecule has 0 aromatic heterocycles. The molecule has 1 N–H and O–H groups in total. The molecule has 6 nitrogen and oxygen atoms in total. The average molecular weight is 383 g/mol. The lowest BCUT2D eigenvalue weighted by Crippen LogP contribution is -2.41. The van der Waals surface area contributed by atoms with E-state index < -0.39 is 24.3 Å². The van der Waals surface area contributed by atoms with Gasteiger partial charge in [-0.3, -0.25) is 0 Å². The van der Waals surface area contributed by atoms with Crippen molar-refractivity contribution in [3.8, 4) is 5.75 Å². The molecule has 0 unspecified atom stereocenters. The summed E-state index contributed by atoms with van der Waals surface area (Å²) in [6.45, 7) is 8.13. The minimum absolute atomic E-state index is 0.376. The normalized spacial score (nSPS) is 17.3. The average Bonchev–Trinajstić information content (AvgIpc) is 2.88. The highest BCUT2D eigenvalue weighted by molar-refractivity contribution is 6.62. The van der Waals surface area contributed by atoms with E-state index in [2.05, 4.69) is 5.32 Å². The summed E-state index contributed by atoms with van der Waals surface area (Å²) in [6.07, 6.45) is 0. The number of carbonyl (C=O) groups excluding carboxylic acids is 1. The molecule has 0 spiro atoms. The van der Waals surface area contributed by atoms with E-state index in [0.717, 1.165) is 16.8 Å². The number of carbonyl (C=O) groups is 1. The maximum Gasteiger partial charge on any atom is 0.494 e. The van der Waals surface area contributed by atoms with E-state index in [1.165, 1.54) is 14.2 Å². The van der Waals surface area contributed by atoms with Crippen LogP contribution in [0.4, 0.5) is 11.4 Å². The highest BCUT2D eigenvalue weighted by Gasteiger charge is 2.51. The van der Waals surface area contributed by atoms with Crippen molar-refractivity contribution in [2.24, 2.45) is 0 Å². The molecule has 1 saturated heterocycles. The summed E-state index contributed by atoms with van der Waals surface area (Å²) in [4.78, 5) is 11.8. The number of hydrogen-bond acceptors (Lipinski definition) is 6. The van der Waals surface area contributed by atoms with E-state index in [4.69, 9.17) is 18.8 Å². The number of nitrogens with one attached hydrogen (secondary N) is 1. The zero-order chi connectivity index (χ0) is 20.5. The Morgan fingerprint density at radius 3 is 2.21 bits per heavy atom. The van der Waals surface area contributed by atoms with Crippen molar-refractivity contribution in [1.82, 2.24) is 0 Å². The molecule has 0 radical (unpaired) electrons. The molecule has 1 fully saturated rings. The number of rotatable bonds is 5. The highest BCUT2D eigenvalue weighted by Crippen LogP contribution is 2.36. The van der Waals surface area contributed by atoms with Crippen LogP contribution in [-0.2, 0) is 14.0 Å². The Balaban J connectivity index is 1.81. The third kappa shape index (κ3) is 3.86. The summed E-state index contributed by atoms with van der Waals surface area (Å²) in [6, 6.07) is 13.1. The summed E-state index contributed by atoms with van der Waals surface area (Å²) in [5, 5.41) is 3.32. The number of hydrogen-bond donors (Lipinski definition) is 1. The predicted octanol–water partition coefficient (Wildman–Crippen LogP) is 3.52. The minimum atomic E-state index is -0.439. The van der Waals surface area contributed by atoms with Crippen LogP contribution in [0, 0.1) is 0 Å². The van der Waals surface area contributed by atoms with Crippen LogP contribution in [0.5, 0.6) is 5.75 Å². The molecule has 1 heterocycles. The molecule has 0 atom stereocenters. The molecular formula is C21H26BNO5. The molecule has 7 heteroatoms. The maximum absolute atomic E-state index is 11.8. The van der Waals surface area contributed by atoms with E-state index in [1.807, 2.05) is 52.0 Å². The molecule has 1 aliphatic heterocycles. The fourth-order valence-corrected chi connectivity index (χ4v) is 2.96. The summed E-state index contributed by atoms with van der Waals surface area (Å²) in [5.74, 6) is 0.00474. The first kappa shape index (κ1) is 20.2. The molecule has 28 heavy (non-hydrogen) atoms. The van der Waals surface area contributed by atoms with Gasteiger partial charge in [-0.25, -0.2) is 4.79 Å². The van der Waals surface area contributed by atoms with Crippen molar-refractivity contribution in [3.05, 3.63) is 48.0 Å². The number of ether oxygens (including phenoxy) is 2. The van der Waals surface area contributed by atoms with E-state index in [1.54, 1.807) is 18.2 Å². The van der Waals surface area contributed by atoms with Gasteiger partial charge in [0.15, 0.2) is 0 Å². The lowest BCUT2D eigenvalue weighted by molar-refractivity contribution is 0.00578. The largest absolute Gasteiger partial charge is 0.496 e. The first-order chi connectivity index (χ1) is 13.2. The molecule has 3 rings (SSSR count). The summed E-state index contributed by atoms with van der Waals surface area (Å²) in [5.41, 5.74) is 2.19. The van der Waals surface area contributed by atoms with Gasteiger partial charge in [-0.15, -0.1) is 0 Å². The molecule has 0 bridgehead atoms. The van der Waals surface area contributed by atoms with Crippen molar-refractivity contribution in [1.29, 1.82) is 0 Å². The molecule has 0 aliphatic carbocycles. The molecular weight excluding hydrogens is 357 g/mol. The molecule has 1 aliphatic rings. The van der Waals surface area contributed by atoms with Gasteiger partial charge < -0.3 is 24.1 Å². The van der Waals surface area contributed by atoms with Crippen molar-refractivity contribution in [2.45, 2.75) is 38.9 Å². The Kier molecular flexibility index (Phi) is 5.41. The third-order valence-electron chi connectivity index (χ3n) is 5.31. The van der Waals surface area contributed by atoms with Gasteiger partial charge in [-0.1, -0.05) is 12.1 Å². The Hall–Kier alpha value is -2.51. The van der Waals surface area contributed by atoms with Gasteiger partial charge in [0.25, 0.3) is 0 Å². The van der Waals surface area contributed by atoms with Gasteiger partial charge in [-0.05, 0) is 57.4 Å². The number of anilines is 2. The van der Waals surface area contributed by atoms with E-state index >= 15 is 0 Å². The molecule has 2 aromatic rings. The predicted molar refractivity (Wildman–Crippen MR) is 110 cm³/mol. The van der Waals surface area contributed by atoms with Crippen molar-refractivity contribution in [2.75, 3.05) is 19.5 Å². The van der Waals surface area contributed by atoms with Crippen LogP contribution in [0.1, 0.15) is 38.1 Å². The summed E-state index contributed by atoms with van der Waals surface area (Å²) < 4.78 is 22.3. The Morgan fingerprint density at radius 2 is 1.61 bits per heavy atom. The SMILES string of the molecule is COC(=O)c1ccc(Nc2cccc(B3OC(C)(C)C(C)(C)O3)c2)cc1OC. The van der Waals surface area contributed by atoms with Crippen LogP contribution in [0.15, 0.2) is 42.5 Å². The fourth-order valence-electron chi connectivity index (χ4n) is 2.96. The van der Waals surface area contributed by atoms with Crippen LogP contribution in [-0.4, -0.2) is 38.5 Å². The van der Waals surface area contributed by atoms with Crippen LogP contribution >= 0.6 is 0 Å². The summed E-state index contributed by atoms with van der Waals surface area (Å²) in [7, 11) is 2.43. The van der Waals surface area contributed by atoms with Gasteiger partial charge in [0.2, 0.25) is 0 Å². The van der Waals surface area contributed by atoms with Crippen LogP contribution in [0.25, 0.3) is 0 Å². The second-order valence-electron chi connectivity index (χ2n) is 7.75. The topological polar surface area (TPSA) is 66.0 Å². The smallest absolute Gasteiger partial charge is 0.494 e. The van der Waals surface area contributed by atoms with Crippen molar-refractivity contribution >= 4 is 29.9 Å². The second kappa shape index (κ2) is 7.49. The maximum atomic E-state index is 11.8. The lowest BCUT2D eigenvalue weighted by atomic mass is 9.79. The van der Waals surface area contributed by atoms with Gasteiger partial charge in [0.1, 0.15) is 11.3 Å². The van der Waals surface area contributed by atoms with Crippen LogP contribution in [0.3, 0.4) is 0 Å². The van der Waals surface area contributed by atoms with Gasteiger partial charge in [-0.2, -0.15) is 0 Å². The fraction of sp³-hybridized carbons (Fsp3) is 0.381. The van der Waals surface area contributed by atoms with Gasteiger partial charge in [0.05, 0.1) is 25.4 Å². The molecule has 0 saturated carbocycles. The standard InChI is InChI=1S/C21H26BNO5/c1-20(2)21(3,4)28-22(27-20)14-8-7-9-15(12-14)23-16-10-11-17(19(24)26-6)18(13-16)25-5/h7-13,23H,1-6H3. The first-order valence-corrected chi connectivity index (χ1v) is 9.16. The van der Waals surface area contributed by atoms with Gasteiger partial charge >= 0.3 is 13.1 Å². The minimum Gasteiger partial charge on any atom is -0.496 e. The number of benzene rings is 2. The quantitative estimate of drug-likeness (QED) is 0.630. The molecule has 148 valence electrons. The van der Waals surface area contributed by atoms with E-state index in [0.29, 0.717) is 11.3 Å². The highest BCUT2D eigenvalue weighted by atomic mass is 16.7. The van der Waals surface area contributed by atoms with E-state index in [9.17, 15) is 4.79 Å². The third-order valence-corrected chi connectivity index (χ3v) is 5.31. The van der Waals surface area contributed by atoms with E-state index in [-0.39, 0.29) is 0 Å². The Morgan fingerprint density at radius 1 is 0.964 bits per heavy atom. The van der Waals surface area contributed by atoms with Crippen LogP contribution in [0.2, 0.25) is 0 Å². The zero-order valence-corrected chi connectivity index (χ0v) is 17.2. The summed E-state index contributed by atoms with van der Waals surface area (Å²) >= 11 is 0. The lowest BCUT2D eigenvalue weighted by Gasteiger charge is -2.32. The molecule has 2 aromatic carbocycles. The van der Waals surface area contributed by atoms with Crippen LogP contribution < -0.4 is 15.5 Å². The molecule has 0 amide bonds. The van der Waals surface area contributed by atoms with Crippen molar-refractivity contribution in [3.63, 3.8) is 0 Å². The Bertz CT molecular complexity index is 865. The number of esters is 1. The second-order valence-corrected chi connectivity index (χ2v) is 7.75. The zero-order valence-electron chi connectivity index (χ0n) is 17.2. The monoisotopic (exact) mass is 383 g/mol.